The maximum absolute atomic E-state index is 11.8. The highest BCUT2D eigenvalue weighted by molar-refractivity contribution is 6.33. The molecule has 2 aromatic carbocycles. The van der Waals surface area contributed by atoms with Crippen LogP contribution in [-0.4, -0.2) is 16.7 Å². The summed E-state index contributed by atoms with van der Waals surface area (Å²) in [5, 5.41) is 16.2. The molecule has 0 heterocycles. The van der Waals surface area contributed by atoms with Gasteiger partial charge in [0.05, 0.1) is 4.92 Å². The van der Waals surface area contributed by atoms with Gasteiger partial charge in [0.15, 0.2) is 0 Å². The van der Waals surface area contributed by atoms with E-state index in [4.69, 9.17) is 23.2 Å². The van der Waals surface area contributed by atoms with Crippen molar-refractivity contribution in [2.45, 2.75) is 13.0 Å². The fraction of sp³-hybridized carbons (Fsp3) is 0.125. The van der Waals surface area contributed by atoms with Crippen LogP contribution < -0.4 is 10.6 Å². The van der Waals surface area contributed by atoms with E-state index in [2.05, 4.69) is 10.6 Å². The molecule has 2 aromatic rings. The Labute approximate surface area is 153 Å². The molecule has 0 unspecified atom stereocenters. The van der Waals surface area contributed by atoms with Gasteiger partial charge >= 0.3 is 0 Å². The summed E-state index contributed by atoms with van der Waals surface area (Å²) in [6, 6.07) is 10.8. The minimum atomic E-state index is -0.628. The van der Waals surface area contributed by atoms with Crippen molar-refractivity contribution in [1.82, 2.24) is 5.32 Å². The standard InChI is InChI=1S/C16H13Cl2N3O4/c17-11-3-1-2-10(6-11)9-19-15(22)8-16(23)20-12-4-5-14(21(24)25)13(18)7-12/h1-7H,8-9H2,(H,19,22)(H,20,23). The number of carbonyl (C=O) groups is 2. The summed E-state index contributed by atoms with van der Waals surface area (Å²) in [5.41, 5.74) is 0.811. The number of nitro groups is 1. The highest BCUT2D eigenvalue weighted by Gasteiger charge is 2.14. The third-order valence-electron chi connectivity index (χ3n) is 3.13. The zero-order chi connectivity index (χ0) is 18.4. The quantitative estimate of drug-likeness (QED) is 0.453. The van der Waals surface area contributed by atoms with E-state index in [1.807, 2.05) is 0 Å². The van der Waals surface area contributed by atoms with E-state index in [0.29, 0.717) is 5.02 Å². The van der Waals surface area contributed by atoms with Crippen LogP contribution in [0, 0.1) is 10.1 Å². The Morgan fingerprint density at radius 3 is 2.48 bits per heavy atom. The molecule has 0 saturated carbocycles. The van der Waals surface area contributed by atoms with Crippen LogP contribution in [0.5, 0.6) is 0 Å². The van der Waals surface area contributed by atoms with Crippen LogP contribution in [0.2, 0.25) is 10.0 Å². The van der Waals surface area contributed by atoms with E-state index in [9.17, 15) is 19.7 Å². The van der Waals surface area contributed by atoms with Crippen molar-refractivity contribution >= 4 is 46.4 Å². The van der Waals surface area contributed by atoms with Crippen molar-refractivity contribution < 1.29 is 14.5 Å². The number of amides is 2. The highest BCUT2D eigenvalue weighted by Crippen LogP contribution is 2.27. The van der Waals surface area contributed by atoms with Crippen molar-refractivity contribution in [2.75, 3.05) is 5.32 Å². The Kier molecular flexibility index (Phi) is 6.32. The van der Waals surface area contributed by atoms with Gasteiger partial charge in [-0.05, 0) is 29.8 Å². The second-order valence-electron chi connectivity index (χ2n) is 5.05. The topological polar surface area (TPSA) is 101 Å². The van der Waals surface area contributed by atoms with Crippen LogP contribution in [0.1, 0.15) is 12.0 Å². The van der Waals surface area contributed by atoms with Crippen LogP contribution in [-0.2, 0) is 16.1 Å². The normalized spacial score (nSPS) is 10.2. The summed E-state index contributed by atoms with van der Waals surface area (Å²) in [6.45, 7) is 0.246. The van der Waals surface area contributed by atoms with Crippen LogP contribution in [0.4, 0.5) is 11.4 Å². The lowest BCUT2D eigenvalue weighted by Gasteiger charge is -2.07. The van der Waals surface area contributed by atoms with Crippen LogP contribution in [0.3, 0.4) is 0 Å². The third kappa shape index (κ3) is 5.74. The smallest absolute Gasteiger partial charge is 0.288 e. The number of benzene rings is 2. The summed E-state index contributed by atoms with van der Waals surface area (Å²) in [7, 11) is 0. The minimum absolute atomic E-state index is 0.104. The van der Waals surface area contributed by atoms with E-state index < -0.39 is 23.2 Å². The zero-order valence-corrected chi connectivity index (χ0v) is 14.3. The molecular weight excluding hydrogens is 369 g/mol. The first-order chi connectivity index (χ1) is 11.8. The summed E-state index contributed by atoms with van der Waals surface area (Å²) in [4.78, 5) is 33.7. The Hall–Kier alpha value is -2.64. The Bertz CT molecular complexity index is 827. The van der Waals surface area contributed by atoms with Gasteiger partial charge in [-0.1, -0.05) is 35.3 Å². The SMILES string of the molecule is O=C(CC(=O)Nc1ccc([N+](=O)[O-])c(Cl)c1)NCc1cccc(Cl)c1. The predicted molar refractivity (Wildman–Crippen MR) is 94.7 cm³/mol. The molecule has 0 saturated heterocycles. The van der Waals surface area contributed by atoms with Gasteiger partial charge < -0.3 is 10.6 Å². The lowest BCUT2D eigenvalue weighted by Crippen LogP contribution is -2.27. The first-order valence-electron chi connectivity index (χ1n) is 7.10. The number of carbonyl (C=O) groups excluding carboxylic acids is 2. The van der Waals surface area contributed by atoms with Gasteiger partial charge in [0.1, 0.15) is 11.4 Å². The van der Waals surface area contributed by atoms with E-state index in [1.165, 1.54) is 18.2 Å². The van der Waals surface area contributed by atoms with Gasteiger partial charge in [-0.3, -0.25) is 19.7 Å². The number of nitrogens with zero attached hydrogens (tertiary/aromatic N) is 1. The van der Waals surface area contributed by atoms with Gasteiger partial charge in [0.2, 0.25) is 11.8 Å². The van der Waals surface area contributed by atoms with E-state index >= 15 is 0 Å². The summed E-state index contributed by atoms with van der Waals surface area (Å²) in [5.74, 6) is -1.03. The second-order valence-corrected chi connectivity index (χ2v) is 5.90. The molecule has 0 aliphatic heterocycles. The van der Waals surface area contributed by atoms with Crippen molar-refractivity contribution in [2.24, 2.45) is 0 Å². The molecule has 2 amide bonds. The van der Waals surface area contributed by atoms with Crippen molar-refractivity contribution in [1.29, 1.82) is 0 Å². The molecule has 130 valence electrons. The average Bonchev–Trinajstić information content (AvgIpc) is 2.52. The number of anilines is 1. The molecule has 0 radical (unpaired) electrons. The summed E-state index contributed by atoms with van der Waals surface area (Å²) >= 11 is 11.6. The molecular formula is C16H13Cl2N3O4. The average molecular weight is 382 g/mol. The molecule has 2 rings (SSSR count). The second kappa shape index (κ2) is 8.46. The molecule has 0 spiro atoms. The number of rotatable bonds is 6. The van der Waals surface area contributed by atoms with Gasteiger partial charge in [-0.2, -0.15) is 0 Å². The molecule has 9 heteroatoms. The van der Waals surface area contributed by atoms with Gasteiger partial charge in [0.25, 0.3) is 5.69 Å². The van der Waals surface area contributed by atoms with Crippen molar-refractivity contribution in [3.05, 3.63) is 68.2 Å². The summed E-state index contributed by atoms with van der Waals surface area (Å²) < 4.78 is 0. The predicted octanol–water partition coefficient (Wildman–Crippen LogP) is 3.55. The molecule has 2 N–H and O–H groups in total. The van der Waals surface area contributed by atoms with Gasteiger partial charge in [0, 0.05) is 23.3 Å². The number of hydrogen-bond acceptors (Lipinski definition) is 4. The fourth-order valence-electron chi connectivity index (χ4n) is 1.99. The number of hydrogen-bond donors (Lipinski definition) is 2. The Morgan fingerprint density at radius 1 is 1.08 bits per heavy atom. The molecule has 0 aliphatic rings. The van der Waals surface area contributed by atoms with Crippen molar-refractivity contribution in [3.63, 3.8) is 0 Å². The third-order valence-corrected chi connectivity index (χ3v) is 3.67. The van der Waals surface area contributed by atoms with E-state index in [0.717, 1.165) is 5.56 Å². The lowest BCUT2D eigenvalue weighted by molar-refractivity contribution is -0.384. The van der Waals surface area contributed by atoms with Gasteiger partial charge in [-0.25, -0.2) is 0 Å². The lowest BCUT2D eigenvalue weighted by atomic mass is 10.2. The molecule has 0 atom stereocenters. The molecule has 0 aromatic heterocycles. The molecule has 0 fully saturated rings. The molecule has 25 heavy (non-hydrogen) atoms. The van der Waals surface area contributed by atoms with Gasteiger partial charge in [-0.15, -0.1) is 0 Å². The van der Waals surface area contributed by atoms with Crippen LogP contribution in [0.15, 0.2) is 42.5 Å². The van der Waals surface area contributed by atoms with E-state index in [-0.39, 0.29) is 22.9 Å². The monoisotopic (exact) mass is 381 g/mol. The van der Waals surface area contributed by atoms with E-state index in [1.54, 1.807) is 24.3 Å². The molecule has 7 nitrogen and oxygen atoms in total. The minimum Gasteiger partial charge on any atom is -0.352 e. The van der Waals surface area contributed by atoms with Crippen molar-refractivity contribution in [3.8, 4) is 0 Å². The van der Waals surface area contributed by atoms with Crippen LogP contribution in [0.25, 0.3) is 0 Å². The summed E-state index contributed by atoms with van der Waals surface area (Å²) in [6.07, 6.45) is -0.394. The number of nitrogens with one attached hydrogen (secondary N) is 2. The number of nitro benzene ring substituents is 1. The maximum Gasteiger partial charge on any atom is 0.288 e. The number of halogens is 2. The first-order valence-corrected chi connectivity index (χ1v) is 7.85. The van der Waals surface area contributed by atoms with Crippen LogP contribution >= 0.6 is 23.2 Å². The Morgan fingerprint density at radius 2 is 1.84 bits per heavy atom. The molecule has 0 bridgehead atoms. The molecule has 0 aliphatic carbocycles. The largest absolute Gasteiger partial charge is 0.352 e. The Balaban J connectivity index is 1.86. The highest BCUT2D eigenvalue weighted by atomic mass is 35.5. The zero-order valence-electron chi connectivity index (χ0n) is 12.8. The first kappa shape index (κ1) is 18.7. The maximum atomic E-state index is 11.8. The fourth-order valence-corrected chi connectivity index (χ4v) is 2.46.